The average molecular weight is 1330 g/mol. The second-order valence-corrected chi connectivity index (χ2v) is 51.3. The number of aromatic nitrogens is 4. The Hall–Kier alpha value is -1.34. The van der Waals surface area contributed by atoms with Crippen molar-refractivity contribution in [2.75, 3.05) is 50.9 Å². The fraction of sp³-hybridized carbons (Fsp3) is 0.478. The van der Waals surface area contributed by atoms with Crippen LogP contribution in [0.4, 0.5) is 11.6 Å². The maximum absolute atomic E-state index is 11.0. The van der Waals surface area contributed by atoms with E-state index in [1.165, 1.54) is 74.1 Å². The van der Waals surface area contributed by atoms with E-state index in [1.54, 1.807) is 0 Å². The summed E-state index contributed by atoms with van der Waals surface area (Å²) in [5.74, 6) is 0.976. The van der Waals surface area contributed by atoms with Gasteiger partial charge in [0.2, 0.25) is 0 Å². The van der Waals surface area contributed by atoms with Gasteiger partial charge in [0.1, 0.15) is 17.7 Å². The van der Waals surface area contributed by atoms with E-state index in [4.69, 9.17) is 20.9 Å². The standard InChI is InChI=1S/C23H30N4O2.C23H30N4O.4HI.V/c1-2-3-14-29-23-25-20-18(10-11-19(20)22(24)26-23)21(28)17-8-6-16(7-9-17)15-27-12-4-5-13-27;1-2-3-14-28-23-25-21-19(10-11-20(21)22(24)26-23)15-17-6-8-18(9-7-17)16-27-12-4-5-13-27;;;;;/h6-10,21,28H,2-5,11-15H2,1H3,(H2,24,25,26);6-10H,2-5,11-16H2,1H3,(H2,24,25,26);4*1H;/q;;;;;;+3/p-3. The molecule has 16 heteroatoms. The van der Waals surface area contributed by atoms with Crippen molar-refractivity contribution in [3.8, 4) is 12.0 Å². The summed E-state index contributed by atoms with van der Waals surface area (Å²) in [4.78, 5) is 22.5. The van der Waals surface area contributed by atoms with Crippen LogP contribution in [0.15, 0.2) is 60.7 Å². The van der Waals surface area contributed by atoms with E-state index in [0.29, 0.717) is 43.0 Å². The van der Waals surface area contributed by atoms with Crippen molar-refractivity contribution in [1.82, 2.24) is 29.7 Å². The number of nitrogen functional groups attached to an aromatic ring is 2. The summed E-state index contributed by atoms with van der Waals surface area (Å²) in [6, 6.07) is 17.9. The van der Waals surface area contributed by atoms with Crippen LogP contribution in [0.3, 0.4) is 0 Å². The van der Waals surface area contributed by atoms with Crippen LogP contribution >= 0.6 is 83.9 Å². The van der Waals surface area contributed by atoms with Crippen molar-refractivity contribution >= 4 is 107 Å². The number of benzene rings is 2. The van der Waals surface area contributed by atoms with Gasteiger partial charge in [-0.15, -0.1) is 24.0 Å². The molecule has 4 heterocycles. The number of aliphatic hydroxyl groups excluding tert-OH is 1. The maximum atomic E-state index is 11.0. The molecular weight excluding hydrogens is 1270 g/mol. The van der Waals surface area contributed by atoms with Gasteiger partial charge in [0, 0.05) is 29.8 Å². The van der Waals surface area contributed by atoms with Gasteiger partial charge >= 0.3 is 76.9 Å². The number of hydrogen-bond donors (Lipinski definition) is 3. The van der Waals surface area contributed by atoms with Gasteiger partial charge in [-0.2, -0.15) is 19.9 Å². The van der Waals surface area contributed by atoms with Crippen molar-refractivity contribution < 1.29 is 19.5 Å². The van der Waals surface area contributed by atoms with E-state index in [1.807, 2.05) is 18.2 Å². The predicted octanol–water partition coefficient (Wildman–Crippen LogP) is 10.8. The molecule has 4 aromatic rings. The van der Waals surface area contributed by atoms with Gasteiger partial charge in [0.05, 0.1) is 24.6 Å². The topological polar surface area (TPSA) is 149 Å². The SMILES string of the molecule is CCCCOc1nc(N)c2c(n1)C(C(O)c1ccc(CN3CCCC3)cc1)=CC2.CCCCOc1nc(N)c2c(n1)C(Cc1ccc(CN3CCCC3)cc1)=CC2.I.[I][V]([I])[I]. The summed E-state index contributed by atoms with van der Waals surface area (Å²) in [6.45, 7) is 12.3. The number of unbranched alkanes of at least 4 members (excludes halogenated alkanes) is 2. The van der Waals surface area contributed by atoms with Crippen molar-refractivity contribution in [1.29, 1.82) is 0 Å². The molecule has 2 aromatic heterocycles. The summed E-state index contributed by atoms with van der Waals surface area (Å²) < 4.78 is 11.3. The normalized spacial score (nSPS) is 16.0. The van der Waals surface area contributed by atoms with Gasteiger partial charge in [-0.3, -0.25) is 9.80 Å². The molecule has 1 atom stereocenters. The van der Waals surface area contributed by atoms with Crippen molar-refractivity contribution in [2.45, 2.75) is 104 Å². The third-order valence-corrected chi connectivity index (χ3v) is 11.4. The number of fused-ring (bicyclic) bond motifs is 2. The molecular formula is C46H61I4N8O3V. The van der Waals surface area contributed by atoms with Gasteiger partial charge in [-0.1, -0.05) is 87.4 Å². The molecule has 2 aliphatic heterocycles. The van der Waals surface area contributed by atoms with Crippen molar-refractivity contribution in [2.24, 2.45) is 0 Å². The zero-order valence-corrected chi connectivity index (χ0v) is 46.1. The quantitative estimate of drug-likeness (QED) is 0.0727. The molecule has 2 aromatic carbocycles. The van der Waals surface area contributed by atoms with Gasteiger partial charge < -0.3 is 26.0 Å². The Labute approximate surface area is 423 Å². The second kappa shape index (κ2) is 26.7. The molecule has 2 aliphatic carbocycles. The monoisotopic (exact) mass is 1330 g/mol. The molecule has 8 rings (SSSR count). The van der Waals surface area contributed by atoms with Crippen molar-refractivity contribution in [3.05, 3.63) is 105 Å². The number of anilines is 2. The fourth-order valence-electron chi connectivity index (χ4n) is 8.00. The molecule has 11 nitrogen and oxygen atoms in total. The van der Waals surface area contributed by atoms with Crippen LogP contribution in [0.25, 0.3) is 11.1 Å². The first-order valence-electron chi connectivity index (χ1n) is 21.7. The number of likely N-dealkylation sites (tertiary alicyclic amines) is 2. The van der Waals surface area contributed by atoms with Gasteiger partial charge in [0.15, 0.2) is 0 Å². The molecule has 0 radical (unpaired) electrons. The molecule has 0 amide bonds. The van der Waals surface area contributed by atoms with Crippen LogP contribution < -0.4 is 20.9 Å². The summed E-state index contributed by atoms with van der Waals surface area (Å²) in [7, 11) is 0. The van der Waals surface area contributed by atoms with Crippen LogP contribution in [0.5, 0.6) is 12.0 Å². The number of allylic oxidation sites excluding steroid dienone is 3. The third kappa shape index (κ3) is 15.4. The Morgan fingerprint density at radius 1 is 0.661 bits per heavy atom. The molecule has 0 saturated carbocycles. The van der Waals surface area contributed by atoms with E-state index >= 15 is 0 Å². The zero-order chi connectivity index (χ0) is 43.1. The van der Waals surface area contributed by atoms with Gasteiger partial charge in [-0.25, -0.2) is 0 Å². The minimum absolute atomic E-state index is 0. The molecule has 1 unspecified atom stereocenters. The van der Waals surface area contributed by atoms with Crippen LogP contribution in [0.1, 0.15) is 116 Å². The Bertz CT molecular complexity index is 2080. The molecule has 0 bridgehead atoms. The van der Waals surface area contributed by atoms with Gasteiger partial charge in [0.25, 0.3) is 0 Å². The number of ether oxygens (including phenoxy) is 2. The zero-order valence-electron chi connectivity index (χ0n) is 35.9. The Kier molecular flexibility index (Phi) is 22.3. The Balaban J connectivity index is 0.000000213. The number of nitrogens with two attached hydrogens (primary N) is 2. The second-order valence-electron chi connectivity index (χ2n) is 15.9. The van der Waals surface area contributed by atoms with E-state index in [-0.39, 0.29) is 34.9 Å². The van der Waals surface area contributed by atoms with E-state index < -0.39 is 6.10 Å². The fourth-order valence-corrected chi connectivity index (χ4v) is 8.00. The minimum atomic E-state index is -0.741. The molecule has 5 N–H and O–H groups in total. The molecule has 336 valence electrons. The van der Waals surface area contributed by atoms with Gasteiger partial charge in [-0.05, 0) is 112 Å². The predicted molar refractivity (Wildman–Crippen MR) is 285 cm³/mol. The van der Waals surface area contributed by atoms with E-state index in [9.17, 15) is 5.11 Å². The van der Waals surface area contributed by atoms with Crippen LogP contribution in [-0.2, 0) is 37.3 Å². The molecule has 2 fully saturated rings. The number of hydrogen-bond acceptors (Lipinski definition) is 11. The average Bonchev–Trinajstić information content (AvgIpc) is 4.09. The molecule has 4 aliphatic rings. The Morgan fingerprint density at radius 3 is 1.60 bits per heavy atom. The first-order chi connectivity index (χ1) is 29.6. The molecule has 62 heavy (non-hydrogen) atoms. The number of rotatable bonds is 16. The van der Waals surface area contributed by atoms with Crippen LogP contribution in [-0.4, -0.2) is 74.2 Å². The van der Waals surface area contributed by atoms with E-state index in [2.05, 4.69) is 146 Å². The first-order valence-corrected chi connectivity index (χ1v) is 35.2. The molecule has 0 spiro atoms. The molecule has 2 saturated heterocycles. The Morgan fingerprint density at radius 2 is 1.10 bits per heavy atom. The number of halogens is 4. The van der Waals surface area contributed by atoms with Crippen LogP contribution in [0, 0.1) is 0 Å². The summed E-state index contributed by atoms with van der Waals surface area (Å²) in [6.07, 6.45) is 15.1. The van der Waals surface area contributed by atoms with Crippen LogP contribution in [0.2, 0.25) is 0 Å². The number of aliphatic hydroxyl groups is 1. The summed E-state index contributed by atoms with van der Waals surface area (Å²) >= 11 is 7.39. The summed E-state index contributed by atoms with van der Waals surface area (Å²) in [5.41, 5.74) is 22.7. The first kappa shape index (κ1) is 51.6. The number of nitrogens with zero attached hydrogens (tertiary/aromatic N) is 6. The third-order valence-electron chi connectivity index (χ3n) is 11.4. The van der Waals surface area contributed by atoms with E-state index in [0.717, 1.165) is 79.6 Å². The van der Waals surface area contributed by atoms with Crippen molar-refractivity contribution in [3.63, 3.8) is 0 Å². The summed E-state index contributed by atoms with van der Waals surface area (Å²) in [5, 5.41) is 11.0.